The molecule has 2 aromatic rings. The van der Waals surface area contributed by atoms with Crippen LogP contribution in [0.2, 0.25) is 0 Å². The number of aromatic nitrogens is 3. The van der Waals surface area contributed by atoms with Gasteiger partial charge in [0.1, 0.15) is 5.82 Å². The second-order valence-electron chi connectivity index (χ2n) is 10.4. The van der Waals surface area contributed by atoms with E-state index in [1.165, 1.54) is 18.5 Å². The van der Waals surface area contributed by atoms with E-state index in [1.807, 2.05) is 12.4 Å². The number of hydrogen-bond acceptors (Lipinski definition) is 8. The number of aliphatic hydroxyl groups excluding tert-OH is 1. The van der Waals surface area contributed by atoms with E-state index >= 15 is 0 Å². The van der Waals surface area contributed by atoms with E-state index in [0.717, 1.165) is 81.8 Å². The van der Waals surface area contributed by atoms with E-state index in [9.17, 15) is 5.11 Å². The van der Waals surface area contributed by atoms with Crippen molar-refractivity contribution in [2.75, 3.05) is 43.9 Å². The standard InChI is InChI=1S/C27H43N7O/c1-4-6-20(2)30-27-29-18-24(26(32-27)31-22-8-10-23(35)11-9-22)25-12-7-21(17-28-25)19-34-14-5-13-33(3)15-16-34/h7,12,17-18,20,22-23,35H,4-6,8-11,13-16,19H2,1-3H3,(H2,29,30,31,32)/t20-,22-,23-/m0/s1. The second-order valence-corrected chi connectivity index (χ2v) is 10.4. The Morgan fingerprint density at radius 1 is 1.06 bits per heavy atom. The average molecular weight is 482 g/mol. The summed E-state index contributed by atoms with van der Waals surface area (Å²) in [6.45, 7) is 9.81. The van der Waals surface area contributed by atoms with Crippen LogP contribution in [0.25, 0.3) is 11.3 Å². The van der Waals surface area contributed by atoms with Crippen molar-refractivity contribution in [2.24, 2.45) is 0 Å². The normalized spacial score (nSPS) is 23.0. The molecule has 2 aromatic heterocycles. The molecule has 2 aliphatic rings. The summed E-state index contributed by atoms with van der Waals surface area (Å²) >= 11 is 0. The maximum atomic E-state index is 9.91. The minimum Gasteiger partial charge on any atom is -0.393 e. The molecule has 0 radical (unpaired) electrons. The number of rotatable bonds is 9. The Balaban J connectivity index is 1.50. The number of aliphatic hydroxyl groups is 1. The average Bonchev–Trinajstić information content (AvgIpc) is 3.05. The van der Waals surface area contributed by atoms with Crippen LogP contribution in [-0.2, 0) is 6.54 Å². The molecule has 0 amide bonds. The third kappa shape index (κ3) is 7.59. The first-order valence-electron chi connectivity index (χ1n) is 13.4. The fourth-order valence-corrected chi connectivity index (χ4v) is 5.08. The van der Waals surface area contributed by atoms with Crippen molar-refractivity contribution < 1.29 is 5.11 Å². The van der Waals surface area contributed by atoms with Gasteiger partial charge in [0.2, 0.25) is 5.95 Å². The monoisotopic (exact) mass is 481 g/mol. The fourth-order valence-electron chi connectivity index (χ4n) is 5.08. The number of hydrogen-bond donors (Lipinski definition) is 3. The topological polar surface area (TPSA) is 89.4 Å². The number of pyridine rings is 1. The van der Waals surface area contributed by atoms with Gasteiger partial charge < -0.3 is 20.6 Å². The van der Waals surface area contributed by atoms with Gasteiger partial charge in [0.05, 0.1) is 17.4 Å². The number of nitrogens with one attached hydrogen (secondary N) is 2. The van der Waals surface area contributed by atoms with E-state index < -0.39 is 0 Å². The molecule has 1 aliphatic carbocycles. The Hall–Kier alpha value is -2.29. The Bertz CT molecular complexity index is 914. The fraction of sp³-hybridized carbons (Fsp3) is 0.667. The van der Waals surface area contributed by atoms with Crippen LogP contribution in [0.1, 0.15) is 64.4 Å². The molecule has 192 valence electrons. The van der Waals surface area contributed by atoms with Crippen molar-refractivity contribution in [3.8, 4) is 11.3 Å². The van der Waals surface area contributed by atoms with Crippen LogP contribution in [0.4, 0.5) is 11.8 Å². The van der Waals surface area contributed by atoms with Crippen LogP contribution in [-0.4, -0.2) is 81.3 Å². The zero-order valence-corrected chi connectivity index (χ0v) is 21.7. The van der Waals surface area contributed by atoms with Crippen LogP contribution in [0.3, 0.4) is 0 Å². The van der Waals surface area contributed by atoms with Crippen molar-refractivity contribution in [1.29, 1.82) is 0 Å². The van der Waals surface area contributed by atoms with E-state index in [1.54, 1.807) is 0 Å². The highest BCUT2D eigenvalue weighted by Crippen LogP contribution is 2.29. The molecule has 1 aliphatic heterocycles. The van der Waals surface area contributed by atoms with Crippen LogP contribution >= 0.6 is 0 Å². The minimum atomic E-state index is -0.177. The molecule has 3 heterocycles. The zero-order chi connectivity index (χ0) is 24.6. The van der Waals surface area contributed by atoms with Gasteiger partial charge in [-0.15, -0.1) is 0 Å². The molecule has 35 heavy (non-hydrogen) atoms. The smallest absolute Gasteiger partial charge is 0.224 e. The lowest BCUT2D eigenvalue weighted by Gasteiger charge is -2.27. The summed E-state index contributed by atoms with van der Waals surface area (Å²) < 4.78 is 0. The summed E-state index contributed by atoms with van der Waals surface area (Å²) in [6.07, 6.45) is 10.7. The lowest BCUT2D eigenvalue weighted by Crippen LogP contribution is -2.29. The predicted octanol–water partition coefficient (Wildman–Crippen LogP) is 3.99. The molecule has 1 saturated heterocycles. The number of likely N-dealkylation sites (N-methyl/N-ethyl adjacent to an activating group) is 1. The van der Waals surface area contributed by atoms with Gasteiger partial charge in [-0.25, -0.2) is 4.98 Å². The Morgan fingerprint density at radius 2 is 1.89 bits per heavy atom. The third-order valence-electron chi connectivity index (χ3n) is 7.24. The van der Waals surface area contributed by atoms with Crippen molar-refractivity contribution in [3.63, 3.8) is 0 Å². The second kappa shape index (κ2) is 12.6. The van der Waals surface area contributed by atoms with Crippen LogP contribution in [0.15, 0.2) is 24.5 Å². The molecule has 8 heteroatoms. The first-order chi connectivity index (χ1) is 17.0. The van der Waals surface area contributed by atoms with Crippen molar-refractivity contribution in [3.05, 3.63) is 30.1 Å². The zero-order valence-electron chi connectivity index (χ0n) is 21.7. The molecule has 0 spiro atoms. The van der Waals surface area contributed by atoms with E-state index in [4.69, 9.17) is 9.97 Å². The maximum Gasteiger partial charge on any atom is 0.224 e. The SMILES string of the molecule is CCC[C@H](C)Nc1ncc(-c2ccc(CN3CCCN(C)CC3)cn2)c(N[C@H]2CC[C@H](O)CC2)n1. The highest BCUT2D eigenvalue weighted by Gasteiger charge is 2.22. The molecule has 0 unspecified atom stereocenters. The molecule has 8 nitrogen and oxygen atoms in total. The van der Waals surface area contributed by atoms with Gasteiger partial charge in [-0.1, -0.05) is 19.4 Å². The van der Waals surface area contributed by atoms with E-state index in [0.29, 0.717) is 18.0 Å². The highest BCUT2D eigenvalue weighted by molar-refractivity contribution is 5.73. The Kier molecular flexibility index (Phi) is 9.29. The largest absolute Gasteiger partial charge is 0.393 e. The summed E-state index contributed by atoms with van der Waals surface area (Å²) in [4.78, 5) is 19.2. The Morgan fingerprint density at radius 3 is 2.63 bits per heavy atom. The molecule has 1 atom stereocenters. The number of nitrogens with zero attached hydrogens (tertiary/aromatic N) is 5. The van der Waals surface area contributed by atoms with Gasteiger partial charge in [-0.3, -0.25) is 9.88 Å². The first-order valence-corrected chi connectivity index (χ1v) is 13.4. The first kappa shape index (κ1) is 25.8. The highest BCUT2D eigenvalue weighted by atomic mass is 16.3. The van der Waals surface area contributed by atoms with E-state index in [2.05, 4.69) is 58.4 Å². The van der Waals surface area contributed by atoms with Gasteiger partial charge in [-0.2, -0.15) is 4.98 Å². The Labute approximate surface area is 210 Å². The van der Waals surface area contributed by atoms with Gasteiger partial charge >= 0.3 is 0 Å². The van der Waals surface area contributed by atoms with Crippen molar-refractivity contribution in [1.82, 2.24) is 24.8 Å². The quantitative estimate of drug-likeness (QED) is 0.495. The summed E-state index contributed by atoms with van der Waals surface area (Å²) in [6, 6.07) is 4.90. The van der Waals surface area contributed by atoms with E-state index in [-0.39, 0.29) is 6.10 Å². The van der Waals surface area contributed by atoms with Crippen molar-refractivity contribution in [2.45, 2.75) is 83.5 Å². The molecule has 1 saturated carbocycles. The van der Waals surface area contributed by atoms with Crippen LogP contribution in [0, 0.1) is 0 Å². The van der Waals surface area contributed by atoms with Gasteiger partial charge in [-0.05, 0) is 77.2 Å². The summed E-state index contributed by atoms with van der Waals surface area (Å²) in [7, 11) is 2.20. The van der Waals surface area contributed by atoms with Crippen molar-refractivity contribution >= 4 is 11.8 Å². The summed E-state index contributed by atoms with van der Waals surface area (Å²) in [5.74, 6) is 1.47. The lowest BCUT2D eigenvalue weighted by atomic mass is 9.93. The molecule has 2 fully saturated rings. The predicted molar refractivity (Wildman–Crippen MR) is 143 cm³/mol. The van der Waals surface area contributed by atoms with Crippen LogP contribution in [0.5, 0.6) is 0 Å². The lowest BCUT2D eigenvalue weighted by molar-refractivity contribution is 0.126. The molecular weight excluding hydrogens is 438 g/mol. The van der Waals surface area contributed by atoms with Gasteiger partial charge in [0.15, 0.2) is 0 Å². The minimum absolute atomic E-state index is 0.177. The molecule has 0 aromatic carbocycles. The maximum absolute atomic E-state index is 9.91. The molecule has 0 bridgehead atoms. The van der Waals surface area contributed by atoms with Gasteiger partial charge in [0.25, 0.3) is 0 Å². The van der Waals surface area contributed by atoms with Crippen LogP contribution < -0.4 is 10.6 Å². The molecule has 3 N–H and O–H groups in total. The summed E-state index contributed by atoms with van der Waals surface area (Å²) in [5, 5.41) is 17.0. The summed E-state index contributed by atoms with van der Waals surface area (Å²) in [5.41, 5.74) is 3.05. The molecule has 4 rings (SSSR count). The number of anilines is 2. The van der Waals surface area contributed by atoms with Gasteiger partial charge in [0, 0.05) is 44.1 Å². The third-order valence-corrected chi connectivity index (χ3v) is 7.24. The molecular formula is C27H43N7O.